The van der Waals surface area contributed by atoms with Gasteiger partial charge in [0.2, 0.25) is 0 Å². The van der Waals surface area contributed by atoms with Crippen LogP contribution in [0.25, 0.3) is 0 Å². The molecule has 0 saturated heterocycles. The van der Waals surface area contributed by atoms with Gasteiger partial charge in [-0.2, -0.15) is 0 Å². The largest absolute Gasteiger partial charge is 4.00 e. The van der Waals surface area contributed by atoms with Gasteiger partial charge in [-0.15, -0.1) is 0 Å². The van der Waals surface area contributed by atoms with Crippen molar-refractivity contribution < 1.29 is 51.9 Å². The molecule has 17 heteroatoms. The second-order valence-corrected chi connectivity index (χ2v) is 17.6. The van der Waals surface area contributed by atoms with Crippen LogP contribution in [-0.2, 0) is 40.5 Å². The first-order valence-corrected chi connectivity index (χ1v) is 20.1. The van der Waals surface area contributed by atoms with Crippen LogP contribution in [0.4, 0.5) is 0 Å². The standard InChI is InChI=1S/4C6H12O3S.Sn/c4*7-10(8,9)6-4-2-1-3-5-6;/h4*6H,1-5H2,(H,7,8,9);/q;;;;+4/p-4. The van der Waals surface area contributed by atoms with Gasteiger partial charge in [-0.05, 0) is 51.4 Å². The Balaban J connectivity index is 0.000000516. The van der Waals surface area contributed by atoms with Gasteiger partial charge in [-0.1, -0.05) is 77.0 Å². The molecule has 0 aromatic heterocycles. The molecule has 4 aliphatic carbocycles. The molecule has 0 radical (unpaired) electrons. The molecule has 0 atom stereocenters. The van der Waals surface area contributed by atoms with E-state index in [-0.39, 0.29) is 23.9 Å². The summed E-state index contributed by atoms with van der Waals surface area (Å²) in [6.45, 7) is 0. The van der Waals surface area contributed by atoms with Crippen molar-refractivity contribution in [3.05, 3.63) is 0 Å². The molecule has 4 saturated carbocycles. The Kier molecular flexibility index (Phi) is 20.0. The van der Waals surface area contributed by atoms with E-state index >= 15 is 0 Å². The minimum absolute atomic E-state index is 0. The van der Waals surface area contributed by atoms with Crippen LogP contribution in [0.15, 0.2) is 0 Å². The van der Waals surface area contributed by atoms with E-state index in [0.717, 1.165) is 77.0 Å². The summed E-state index contributed by atoms with van der Waals surface area (Å²) in [4.78, 5) is 0. The zero-order valence-electron chi connectivity index (χ0n) is 23.5. The SMILES string of the molecule is O=S(=O)([O-])C1CCCCC1.O=S(=O)([O-])C1CCCCC1.O=S(=O)([O-])C1CCCCC1.O=S(=O)([O-])C1CCCCC1.[Sn+4]. The van der Waals surface area contributed by atoms with Crippen molar-refractivity contribution in [2.75, 3.05) is 0 Å². The third-order valence-electron chi connectivity index (χ3n) is 7.84. The van der Waals surface area contributed by atoms with Gasteiger partial charge in [0.05, 0.1) is 40.5 Å². The first kappa shape index (κ1) is 41.4. The van der Waals surface area contributed by atoms with Crippen molar-refractivity contribution >= 4 is 64.4 Å². The van der Waals surface area contributed by atoms with Crippen LogP contribution in [0.1, 0.15) is 128 Å². The third-order valence-corrected chi connectivity index (χ3v) is 13.0. The van der Waals surface area contributed by atoms with Crippen LogP contribution in [0, 0.1) is 0 Å². The van der Waals surface area contributed by atoms with Crippen molar-refractivity contribution in [1.82, 2.24) is 0 Å². The van der Waals surface area contributed by atoms with Crippen molar-refractivity contribution in [2.24, 2.45) is 0 Å². The second kappa shape index (κ2) is 19.7. The zero-order chi connectivity index (χ0) is 30.5. The van der Waals surface area contributed by atoms with E-state index in [2.05, 4.69) is 0 Å². The summed E-state index contributed by atoms with van der Waals surface area (Å²) in [5.74, 6) is 0. The zero-order valence-corrected chi connectivity index (χ0v) is 29.6. The number of hydrogen-bond donors (Lipinski definition) is 0. The van der Waals surface area contributed by atoms with E-state index in [0.29, 0.717) is 51.4 Å². The van der Waals surface area contributed by atoms with Gasteiger partial charge in [0, 0.05) is 21.0 Å². The molecule has 0 heterocycles. The number of rotatable bonds is 4. The smallest absolute Gasteiger partial charge is 0.748 e. The molecule has 4 fully saturated rings. The summed E-state index contributed by atoms with van der Waals surface area (Å²) in [5.41, 5.74) is 0. The first-order valence-electron chi connectivity index (χ1n) is 14.2. The van der Waals surface area contributed by atoms with Crippen molar-refractivity contribution in [3.63, 3.8) is 0 Å². The van der Waals surface area contributed by atoms with Crippen molar-refractivity contribution in [3.8, 4) is 0 Å². The van der Waals surface area contributed by atoms with Gasteiger partial charge in [-0.3, -0.25) is 0 Å². The van der Waals surface area contributed by atoms with Crippen LogP contribution >= 0.6 is 0 Å². The Morgan fingerprint density at radius 1 is 0.293 bits per heavy atom. The van der Waals surface area contributed by atoms with Crippen LogP contribution < -0.4 is 0 Å². The maximum Gasteiger partial charge on any atom is 4.00 e. The van der Waals surface area contributed by atoms with Gasteiger partial charge in [0.1, 0.15) is 0 Å². The Bertz CT molecular complexity index is 947. The fourth-order valence-electron chi connectivity index (χ4n) is 5.42. The van der Waals surface area contributed by atoms with Gasteiger partial charge < -0.3 is 18.2 Å². The monoisotopic (exact) mass is 772 g/mol. The Labute approximate surface area is 264 Å². The summed E-state index contributed by atoms with van der Waals surface area (Å²) < 4.78 is 125. The Morgan fingerprint density at radius 3 is 0.488 bits per heavy atom. The topological polar surface area (TPSA) is 229 Å². The normalized spacial score (nSPS) is 22.3. The number of hydrogen-bond acceptors (Lipinski definition) is 12. The van der Waals surface area contributed by atoms with Crippen molar-refractivity contribution in [2.45, 2.75) is 149 Å². The van der Waals surface area contributed by atoms with E-state index in [1.165, 1.54) is 0 Å². The molecule has 0 N–H and O–H groups in total. The maximum absolute atomic E-state index is 10.4. The van der Waals surface area contributed by atoms with Gasteiger partial charge in [-0.25, -0.2) is 33.7 Å². The van der Waals surface area contributed by atoms with Gasteiger partial charge in [0.25, 0.3) is 0 Å². The molecule has 4 aliphatic rings. The predicted molar refractivity (Wildman–Crippen MR) is 152 cm³/mol. The summed E-state index contributed by atoms with van der Waals surface area (Å²) >= 11 is 0. The average Bonchev–Trinajstić information content (AvgIpc) is 2.90. The predicted octanol–water partition coefficient (Wildman–Crippen LogP) is 3.08. The first-order chi connectivity index (χ1) is 18.4. The minimum Gasteiger partial charge on any atom is -0.748 e. The fraction of sp³-hybridized carbons (Fsp3) is 1.00. The molecule has 0 aromatic rings. The molecular formula is C24H44O12S4Sn. The van der Waals surface area contributed by atoms with E-state index < -0.39 is 61.5 Å². The van der Waals surface area contributed by atoms with E-state index in [9.17, 15) is 51.9 Å². The van der Waals surface area contributed by atoms with Gasteiger partial charge in [0.15, 0.2) is 0 Å². The molecule has 240 valence electrons. The van der Waals surface area contributed by atoms with E-state index in [1.807, 2.05) is 0 Å². The van der Waals surface area contributed by atoms with Crippen LogP contribution in [0.5, 0.6) is 0 Å². The van der Waals surface area contributed by atoms with Gasteiger partial charge >= 0.3 is 23.9 Å². The molecule has 4 rings (SSSR count). The molecule has 0 spiro atoms. The molecule has 0 amide bonds. The fourth-order valence-corrected chi connectivity index (χ4v) is 9.06. The van der Waals surface area contributed by atoms with Crippen molar-refractivity contribution in [1.29, 1.82) is 0 Å². The summed E-state index contributed by atoms with van der Waals surface area (Å²) in [6.07, 6.45) is 16.1. The second-order valence-electron chi connectivity index (χ2n) is 11.0. The Morgan fingerprint density at radius 2 is 0.415 bits per heavy atom. The molecule has 0 aliphatic heterocycles. The summed E-state index contributed by atoms with van der Waals surface area (Å²) in [7, 11) is -15.9. The molecule has 0 bridgehead atoms. The maximum atomic E-state index is 10.4. The van der Waals surface area contributed by atoms with Crippen LogP contribution in [0.2, 0.25) is 0 Å². The quantitative estimate of drug-likeness (QED) is 0.297. The van der Waals surface area contributed by atoms with E-state index in [1.54, 1.807) is 0 Å². The summed E-state index contributed by atoms with van der Waals surface area (Å²) in [6, 6.07) is 0. The molecule has 41 heavy (non-hydrogen) atoms. The third kappa shape index (κ3) is 18.8. The average molecular weight is 772 g/mol. The Hall–Kier alpha value is 0.439. The molecule has 12 nitrogen and oxygen atoms in total. The molecule has 0 unspecified atom stereocenters. The summed E-state index contributed by atoms with van der Waals surface area (Å²) in [5, 5.41) is -2.33. The van der Waals surface area contributed by atoms with Crippen LogP contribution in [-0.4, -0.2) is 96.8 Å². The van der Waals surface area contributed by atoms with Crippen LogP contribution in [0.3, 0.4) is 0 Å². The molecule has 0 aromatic carbocycles. The minimum atomic E-state index is -3.98. The molecular weight excluding hydrogens is 727 g/mol. The van der Waals surface area contributed by atoms with E-state index in [4.69, 9.17) is 0 Å².